The smallest absolute Gasteiger partial charge is 0.225 e. The van der Waals surface area contributed by atoms with Gasteiger partial charge in [-0.25, -0.2) is 12.8 Å². The van der Waals surface area contributed by atoms with Crippen LogP contribution in [0.1, 0.15) is 17.8 Å². The lowest BCUT2D eigenvalue weighted by molar-refractivity contribution is -0.115. The summed E-state index contributed by atoms with van der Waals surface area (Å²) in [7, 11) is -3.61. The van der Waals surface area contributed by atoms with Crippen LogP contribution in [0.15, 0.2) is 47.4 Å². The molecular weight excluding hydrogens is 385 g/mol. The number of rotatable bonds is 6. The second-order valence-electron chi connectivity index (χ2n) is 6.23. The molecule has 0 aliphatic heterocycles. The van der Waals surface area contributed by atoms with E-state index in [2.05, 4.69) is 20.8 Å². The molecule has 3 aromatic rings. The molecule has 0 bridgehead atoms. The van der Waals surface area contributed by atoms with Crippen LogP contribution in [0.2, 0.25) is 0 Å². The molecule has 1 amide bonds. The normalized spacial score (nSPS) is 11.4. The molecule has 146 valence electrons. The van der Waals surface area contributed by atoms with Crippen molar-refractivity contribution in [3.05, 3.63) is 59.7 Å². The Labute approximate surface area is 161 Å². The van der Waals surface area contributed by atoms with Crippen molar-refractivity contribution in [1.82, 2.24) is 20.2 Å². The second kappa shape index (κ2) is 7.85. The molecule has 0 aliphatic rings. The van der Waals surface area contributed by atoms with Gasteiger partial charge in [0.25, 0.3) is 0 Å². The number of halogens is 1. The summed E-state index contributed by atoms with van der Waals surface area (Å²) in [5.41, 5.74) is 1.32. The van der Waals surface area contributed by atoms with E-state index in [0.717, 1.165) is 5.56 Å². The van der Waals surface area contributed by atoms with Crippen molar-refractivity contribution in [3.8, 4) is 5.69 Å². The van der Waals surface area contributed by atoms with Gasteiger partial charge in [0.05, 0.1) is 22.0 Å². The molecular formula is C18H18FN5O3S. The van der Waals surface area contributed by atoms with Gasteiger partial charge >= 0.3 is 0 Å². The number of hydrogen-bond acceptors (Lipinski definition) is 6. The predicted octanol–water partition coefficient (Wildman–Crippen LogP) is 2.22. The zero-order valence-corrected chi connectivity index (χ0v) is 16.1. The quantitative estimate of drug-likeness (QED) is 0.676. The highest BCUT2D eigenvalue weighted by Crippen LogP contribution is 2.20. The number of nitrogens with zero attached hydrogens (tertiary/aromatic N) is 4. The van der Waals surface area contributed by atoms with Gasteiger partial charge in [0, 0.05) is 6.42 Å². The van der Waals surface area contributed by atoms with Crippen molar-refractivity contribution in [2.45, 2.75) is 25.2 Å². The monoisotopic (exact) mass is 403 g/mol. The van der Waals surface area contributed by atoms with Crippen molar-refractivity contribution in [2.24, 2.45) is 0 Å². The minimum atomic E-state index is -3.61. The molecule has 0 saturated heterocycles. The third-order valence-electron chi connectivity index (χ3n) is 4.07. The Bertz CT molecular complexity index is 1110. The number of amides is 1. The number of tetrazole rings is 1. The summed E-state index contributed by atoms with van der Waals surface area (Å²) in [6.45, 7) is 3.53. The number of hydrogen-bond donors (Lipinski definition) is 1. The van der Waals surface area contributed by atoms with Crippen LogP contribution < -0.4 is 5.32 Å². The number of aromatic nitrogens is 4. The van der Waals surface area contributed by atoms with Crippen LogP contribution in [0.3, 0.4) is 0 Å². The minimum absolute atomic E-state index is 0.0786. The van der Waals surface area contributed by atoms with Crippen LogP contribution in [0.4, 0.5) is 10.1 Å². The van der Waals surface area contributed by atoms with Crippen molar-refractivity contribution >= 4 is 21.4 Å². The first-order valence-electron chi connectivity index (χ1n) is 8.40. The highest BCUT2D eigenvalue weighted by Gasteiger charge is 2.17. The summed E-state index contributed by atoms with van der Waals surface area (Å²) < 4.78 is 40.1. The Kier molecular flexibility index (Phi) is 5.50. The second-order valence-corrected chi connectivity index (χ2v) is 8.34. The lowest BCUT2D eigenvalue weighted by Gasteiger charge is -2.09. The molecule has 0 radical (unpaired) electrons. The van der Waals surface area contributed by atoms with E-state index in [1.165, 1.54) is 35.0 Å². The SMILES string of the molecule is Cc1ccc(S(=O)(=O)CCC(=O)Nc2cc(-n3nnnc3C)ccc2F)cc1. The van der Waals surface area contributed by atoms with E-state index in [4.69, 9.17) is 0 Å². The highest BCUT2D eigenvalue weighted by molar-refractivity contribution is 7.91. The van der Waals surface area contributed by atoms with Crippen LogP contribution in [-0.2, 0) is 14.6 Å². The van der Waals surface area contributed by atoms with Crippen LogP contribution in [0.5, 0.6) is 0 Å². The van der Waals surface area contributed by atoms with Crippen molar-refractivity contribution in [2.75, 3.05) is 11.1 Å². The number of nitrogens with one attached hydrogen (secondary N) is 1. The molecule has 2 aromatic carbocycles. The van der Waals surface area contributed by atoms with Gasteiger partial charge in [0.2, 0.25) is 5.91 Å². The van der Waals surface area contributed by atoms with Crippen LogP contribution in [0, 0.1) is 19.7 Å². The average molecular weight is 403 g/mol. The first-order chi connectivity index (χ1) is 13.3. The third-order valence-corrected chi connectivity index (χ3v) is 5.80. The highest BCUT2D eigenvalue weighted by atomic mass is 32.2. The van der Waals surface area contributed by atoms with Gasteiger partial charge in [0.1, 0.15) is 5.82 Å². The minimum Gasteiger partial charge on any atom is -0.324 e. The number of carbonyl (C=O) groups excluding carboxylic acids is 1. The predicted molar refractivity (Wildman–Crippen MR) is 100 cm³/mol. The molecule has 28 heavy (non-hydrogen) atoms. The lowest BCUT2D eigenvalue weighted by Crippen LogP contribution is -2.18. The molecule has 3 rings (SSSR count). The number of aryl methyl sites for hydroxylation is 2. The summed E-state index contributed by atoms with van der Waals surface area (Å²) in [6, 6.07) is 10.4. The fourth-order valence-electron chi connectivity index (χ4n) is 2.51. The number of anilines is 1. The van der Waals surface area contributed by atoms with E-state index < -0.39 is 21.6 Å². The lowest BCUT2D eigenvalue weighted by atomic mass is 10.2. The van der Waals surface area contributed by atoms with Gasteiger partial charge in [-0.1, -0.05) is 17.7 Å². The molecule has 0 fully saturated rings. The molecule has 8 nitrogen and oxygen atoms in total. The zero-order chi connectivity index (χ0) is 20.3. The zero-order valence-electron chi connectivity index (χ0n) is 15.3. The van der Waals surface area contributed by atoms with Gasteiger partial charge in [-0.2, -0.15) is 4.68 Å². The van der Waals surface area contributed by atoms with Crippen molar-refractivity contribution in [1.29, 1.82) is 0 Å². The van der Waals surface area contributed by atoms with Crippen LogP contribution in [-0.4, -0.2) is 40.3 Å². The van der Waals surface area contributed by atoms with E-state index in [1.807, 2.05) is 6.92 Å². The van der Waals surface area contributed by atoms with E-state index in [1.54, 1.807) is 19.1 Å². The topological polar surface area (TPSA) is 107 Å². The Balaban J connectivity index is 1.69. The third kappa shape index (κ3) is 4.39. The van der Waals surface area contributed by atoms with Crippen LogP contribution in [0.25, 0.3) is 5.69 Å². The van der Waals surface area contributed by atoms with E-state index >= 15 is 0 Å². The Morgan fingerprint density at radius 3 is 2.50 bits per heavy atom. The fourth-order valence-corrected chi connectivity index (χ4v) is 3.75. The van der Waals surface area contributed by atoms with Gasteiger partial charge < -0.3 is 5.32 Å². The van der Waals surface area contributed by atoms with Gasteiger partial charge in [-0.15, -0.1) is 5.10 Å². The van der Waals surface area contributed by atoms with E-state index in [-0.39, 0.29) is 22.8 Å². The molecule has 0 aliphatic carbocycles. The maximum Gasteiger partial charge on any atom is 0.225 e. The Hall–Kier alpha value is -3.14. The summed E-state index contributed by atoms with van der Waals surface area (Å²) in [6.07, 6.45) is -0.302. The van der Waals surface area contributed by atoms with Gasteiger partial charge in [-0.05, 0) is 54.6 Å². The molecule has 0 atom stereocenters. The van der Waals surface area contributed by atoms with E-state index in [0.29, 0.717) is 11.5 Å². The van der Waals surface area contributed by atoms with Gasteiger partial charge in [-0.3, -0.25) is 4.79 Å². The largest absolute Gasteiger partial charge is 0.324 e. The number of benzene rings is 2. The van der Waals surface area contributed by atoms with Crippen molar-refractivity contribution < 1.29 is 17.6 Å². The standard InChI is InChI=1S/C18H18FN5O3S/c1-12-3-6-15(7-4-12)28(26,27)10-9-18(25)20-17-11-14(5-8-16(17)19)24-13(2)21-22-23-24/h3-8,11H,9-10H2,1-2H3,(H,20,25). The average Bonchev–Trinajstić information content (AvgIpc) is 3.08. The molecule has 0 saturated carbocycles. The maximum absolute atomic E-state index is 14.1. The van der Waals surface area contributed by atoms with Gasteiger partial charge in [0.15, 0.2) is 15.7 Å². The van der Waals surface area contributed by atoms with Crippen LogP contribution >= 0.6 is 0 Å². The summed E-state index contributed by atoms with van der Waals surface area (Å²) in [5.74, 6) is -1.15. The Morgan fingerprint density at radius 1 is 1.14 bits per heavy atom. The number of sulfone groups is 1. The summed E-state index contributed by atoms with van der Waals surface area (Å²) in [5, 5.41) is 13.5. The molecule has 10 heteroatoms. The molecule has 1 aromatic heterocycles. The summed E-state index contributed by atoms with van der Waals surface area (Å²) >= 11 is 0. The molecule has 0 spiro atoms. The van der Waals surface area contributed by atoms with Crippen molar-refractivity contribution in [3.63, 3.8) is 0 Å². The Morgan fingerprint density at radius 2 is 1.86 bits per heavy atom. The molecule has 1 heterocycles. The van der Waals surface area contributed by atoms with E-state index in [9.17, 15) is 17.6 Å². The molecule has 0 unspecified atom stereocenters. The first-order valence-corrected chi connectivity index (χ1v) is 10.1. The number of carbonyl (C=O) groups is 1. The first kappa shape index (κ1) is 19.6. The maximum atomic E-state index is 14.1. The summed E-state index contributed by atoms with van der Waals surface area (Å²) in [4.78, 5) is 12.3. The fraction of sp³-hybridized carbons (Fsp3) is 0.222. The molecule has 1 N–H and O–H groups in total.